The Labute approximate surface area is 83.3 Å². The Morgan fingerprint density at radius 1 is 1.36 bits per heavy atom. The van der Waals surface area contributed by atoms with Gasteiger partial charge < -0.3 is 4.90 Å². The monoisotopic (exact) mass is 185 g/mol. The van der Waals surface area contributed by atoms with Gasteiger partial charge in [-0.3, -0.25) is 0 Å². The highest BCUT2D eigenvalue weighted by molar-refractivity contribution is 5.43. The average molecular weight is 185 g/mol. The highest BCUT2D eigenvalue weighted by atomic mass is 15.2. The maximum atomic E-state index is 8.62. The fourth-order valence-corrected chi connectivity index (χ4v) is 1.49. The predicted molar refractivity (Wildman–Crippen MR) is 54.9 cm³/mol. The van der Waals surface area contributed by atoms with Gasteiger partial charge in [-0.15, -0.1) is 0 Å². The van der Waals surface area contributed by atoms with Crippen molar-refractivity contribution in [2.24, 2.45) is 0 Å². The van der Waals surface area contributed by atoms with E-state index >= 15 is 0 Å². The molecule has 0 spiro atoms. The smallest absolute Gasteiger partial charge is 0.128 e. The van der Waals surface area contributed by atoms with Gasteiger partial charge in [-0.2, -0.15) is 5.26 Å². The second-order valence-corrected chi connectivity index (χ2v) is 3.22. The second kappa shape index (κ2) is 3.93. The first kappa shape index (κ1) is 8.76. The molecule has 1 aromatic rings. The number of hydrogen-bond donors (Lipinski definition) is 0. The van der Waals surface area contributed by atoms with E-state index in [-0.39, 0.29) is 0 Å². The standard InChI is InChI=1S/C11H11N3/c12-8-10-4-5-11(13-9-10)14-6-2-1-3-7-14/h1-2,4-5,9H,3,6-7H2. The molecule has 0 bridgehead atoms. The Morgan fingerprint density at radius 3 is 2.86 bits per heavy atom. The Morgan fingerprint density at radius 2 is 2.29 bits per heavy atom. The molecule has 0 fully saturated rings. The van der Waals surface area contributed by atoms with Gasteiger partial charge in [-0.25, -0.2) is 4.98 Å². The molecule has 70 valence electrons. The molecular weight excluding hydrogens is 174 g/mol. The number of anilines is 1. The molecule has 2 rings (SSSR count). The second-order valence-electron chi connectivity index (χ2n) is 3.22. The van der Waals surface area contributed by atoms with Gasteiger partial charge in [0, 0.05) is 19.3 Å². The van der Waals surface area contributed by atoms with E-state index in [1.54, 1.807) is 12.3 Å². The first-order chi connectivity index (χ1) is 6.90. The quantitative estimate of drug-likeness (QED) is 0.625. The summed E-state index contributed by atoms with van der Waals surface area (Å²) in [6.45, 7) is 1.92. The molecule has 0 saturated heterocycles. The lowest BCUT2D eigenvalue weighted by Gasteiger charge is -2.24. The molecule has 1 aromatic heterocycles. The summed E-state index contributed by atoms with van der Waals surface area (Å²) < 4.78 is 0. The lowest BCUT2D eigenvalue weighted by molar-refractivity contribution is 0.805. The summed E-state index contributed by atoms with van der Waals surface area (Å²) in [5, 5.41) is 8.62. The zero-order valence-electron chi connectivity index (χ0n) is 7.85. The molecule has 3 heteroatoms. The lowest BCUT2D eigenvalue weighted by atomic mass is 10.2. The van der Waals surface area contributed by atoms with E-state index in [1.807, 2.05) is 6.07 Å². The van der Waals surface area contributed by atoms with Crippen LogP contribution in [0.5, 0.6) is 0 Å². The molecule has 2 heterocycles. The molecule has 0 amide bonds. The number of pyridine rings is 1. The van der Waals surface area contributed by atoms with E-state index in [4.69, 9.17) is 5.26 Å². The van der Waals surface area contributed by atoms with Gasteiger partial charge in [0.15, 0.2) is 0 Å². The van der Waals surface area contributed by atoms with Crippen LogP contribution < -0.4 is 4.90 Å². The zero-order valence-corrected chi connectivity index (χ0v) is 7.85. The van der Waals surface area contributed by atoms with E-state index in [1.165, 1.54) is 0 Å². The number of nitriles is 1. The van der Waals surface area contributed by atoms with Gasteiger partial charge in [0.05, 0.1) is 5.56 Å². The number of nitrogens with zero attached hydrogens (tertiary/aromatic N) is 3. The molecule has 0 radical (unpaired) electrons. The van der Waals surface area contributed by atoms with Crippen molar-refractivity contribution in [2.45, 2.75) is 6.42 Å². The molecule has 0 unspecified atom stereocenters. The van der Waals surface area contributed by atoms with Crippen LogP contribution in [0.1, 0.15) is 12.0 Å². The first-order valence-electron chi connectivity index (χ1n) is 4.66. The fraction of sp³-hybridized carbons (Fsp3) is 0.273. The van der Waals surface area contributed by atoms with Crippen molar-refractivity contribution in [2.75, 3.05) is 18.0 Å². The Bertz CT molecular complexity index is 373. The van der Waals surface area contributed by atoms with Crippen LogP contribution in [-0.4, -0.2) is 18.1 Å². The van der Waals surface area contributed by atoms with Crippen molar-refractivity contribution in [3.63, 3.8) is 0 Å². The van der Waals surface area contributed by atoms with Crippen molar-refractivity contribution < 1.29 is 0 Å². The van der Waals surface area contributed by atoms with E-state index in [2.05, 4.69) is 28.1 Å². The maximum absolute atomic E-state index is 8.62. The Balaban J connectivity index is 2.17. The van der Waals surface area contributed by atoms with Crippen LogP contribution in [0.2, 0.25) is 0 Å². The number of hydrogen-bond acceptors (Lipinski definition) is 3. The van der Waals surface area contributed by atoms with Crippen LogP contribution in [0, 0.1) is 11.3 Å². The average Bonchev–Trinajstić information content (AvgIpc) is 2.30. The Kier molecular flexibility index (Phi) is 2.46. The van der Waals surface area contributed by atoms with Crippen LogP contribution in [-0.2, 0) is 0 Å². The van der Waals surface area contributed by atoms with Crippen molar-refractivity contribution >= 4 is 5.82 Å². The predicted octanol–water partition coefficient (Wildman–Crippen LogP) is 1.72. The molecular formula is C11H11N3. The lowest BCUT2D eigenvalue weighted by Crippen LogP contribution is -2.27. The van der Waals surface area contributed by atoms with Crippen LogP contribution in [0.4, 0.5) is 5.82 Å². The third-order valence-corrected chi connectivity index (χ3v) is 2.26. The first-order valence-corrected chi connectivity index (χ1v) is 4.66. The molecule has 0 aromatic carbocycles. The minimum Gasteiger partial charge on any atom is -0.353 e. The fourth-order valence-electron chi connectivity index (χ4n) is 1.49. The highest BCUT2D eigenvalue weighted by Crippen LogP contribution is 2.13. The van der Waals surface area contributed by atoms with Gasteiger partial charge in [0.1, 0.15) is 11.9 Å². The van der Waals surface area contributed by atoms with Crippen molar-refractivity contribution in [1.29, 1.82) is 5.26 Å². The molecule has 14 heavy (non-hydrogen) atoms. The zero-order chi connectivity index (χ0) is 9.80. The maximum Gasteiger partial charge on any atom is 0.128 e. The topological polar surface area (TPSA) is 39.9 Å². The minimum atomic E-state index is 0.612. The van der Waals surface area contributed by atoms with E-state index in [9.17, 15) is 0 Å². The largest absolute Gasteiger partial charge is 0.353 e. The summed E-state index contributed by atoms with van der Waals surface area (Å²) in [4.78, 5) is 6.44. The van der Waals surface area contributed by atoms with Crippen LogP contribution in [0.15, 0.2) is 30.5 Å². The summed E-state index contributed by atoms with van der Waals surface area (Å²) in [5.74, 6) is 0.952. The van der Waals surface area contributed by atoms with Gasteiger partial charge in [0.25, 0.3) is 0 Å². The van der Waals surface area contributed by atoms with Gasteiger partial charge in [-0.1, -0.05) is 12.2 Å². The van der Waals surface area contributed by atoms with Gasteiger partial charge in [-0.05, 0) is 18.6 Å². The van der Waals surface area contributed by atoms with Gasteiger partial charge >= 0.3 is 0 Å². The summed E-state index contributed by atoms with van der Waals surface area (Å²) in [7, 11) is 0. The normalized spacial score (nSPS) is 15.2. The molecule has 0 saturated carbocycles. The summed E-state index contributed by atoms with van der Waals surface area (Å²) in [5.41, 5.74) is 0.612. The molecule has 1 aliphatic rings. The molecule has 0 N–H and O–H groups in total. The summed E-state index contributed by atoms with van der Waals surface area (Å²) in [6.07, 6.45) is 7.01. The SMILES string of the molecule is N#Cc1ccc(N2CC=CCC2)nc1. The summed E-state index contributed by atoms with van der Waals surface area (Å²) in [6, 6.07) is 5.77. The molecule has 1 aliphatic heterocycles. The Hall–Kier alpha value is -1.82. The van der Waals surface area contributed by atoms with Crippen LogP contribution >= 0.6 is 0 Å². The van der Waals surface area contributed by atoms with Crippen molar-refractivity contribution in [1.82, 2.24) is 4.98 Å². The number of aromatic nitrogens is 1. The third-order valence-electron chi connectivity index (χ3n) is 2.26. The van der Waals surface area contributed by atoms with Crippen molar-refractivity contribution in [3.05, 3.63) is 36.0 Å². The third kappa shape index (κ3) is 1.74. The summed E-state index contributed by atoms with van der Waals surface area (Å²) >= 11 is 0. The molecule has 0 aliphatic carbocycles. The minimum absolute atomic E-state index is 0.612. The number of rotatable bonds is 1. The van der Waals surface area contributed by atoms with Crippen LogP contribution in [0.25, 0.3) is 0 Å². The van der Waals surface area contributed by atoms with E-state index in [0.29, 0.717) is 5.56 Å². The molecule has 0 atom stereocenters. The van der Waals surface area contributed by atoms with E-state index in [0.717, 1.165) is 25.3 Å². The van der Waals surface area contributed by atoms with Crippen molar-refractivity contribution in [3.8, 4) is 6.07 Å². The highest BCUT2D eigenvalue weighted by Gasteiger charge is 2.07. The van der Waals surface area contributed by atoms with E-state index < -0.39 is 0 Å². The van der Waals surface area contributed by atoms with Gasteiger partial charge in [0.2, 0.25) is 0 Å². The molecule has 3 nitrogen and oxygen atoms in total. The van der Waals surface area contributed by atoms with Crippen LogP contribution in [0.3, 0.4) is 0 Å².